The second kappa shape index (κ2) is 12.3. The van der Waals surface area contributed by atoms with Crippen LogP contribution in [0.5, 0.6) is 5.75 Å². The van der Waals surface area contributed by atoms with Crippen molar-refractivity contribution in [2.75, 3.05) is 31.0 Å². The molecule has 0 radical (unpaired) electrons. The van der Waals surface area contributed by atoms with E-state index in [1.165, 1.54) is 0 Å². The Hall–Kier alpha value is -3.96. The van der Waals surface area contributed by atoms with Gasteiger partial charge in [0.25, 0.3) is 0 Å². The number of nitrogen functional groups attached to an aromatic ring is 1. The number of amides is 2. The summed E-state index contributed by atoms with van der Waals surface area (Å²) in [5, 5.41) is 9.34. The van der Waals surface area contributed by atoms with Crippen molar-refractivity contribution in [2.24, 2.45) is 5.73 Å². The number of rotatable bonds is 9. The molecule has 3 aromatic rings. The van der Waals surface area contributed by atoms with Gasteiger partial charge in [0, 0.05) is 48.6 Å². The Balaban J connectivity index is 1.44. The summed E-state index contributed by atoms with van der Waals surface area (Å²) in [6.07, 6.45) is 3.43. The molecule has 5 rings (SSSR count). The number of amidine groups is 1. The molecule has 2 heterocycles. The van der Waals surface area contributed by atoms with E-state index in [4.69, 9.17) is 15.9 Å². The van der Waals surface area contributed by atoms with Gasteiger partial charge in [-0.15, -0.1) is 0 Å². The predicted octanol–water partition coefficient (Wildman–Crippen LogP) is 2.96. The molecule has 3 unspecified atom stereocenters. The van der Waals surface area contributed by atoms with Crippen molar-refractivity contribution in [2.45, 2.75) is 44.2 Å². The molecule has 3 N–H and O–H groups in total. The fraction of sp³-hybridized carbons (Fsp3) is 0.367. The number of likely N-dealkylation sites (tertiary alicyclic amines) is 2. The molecule has 0 saturated carbocycles. The minimum absolute atomic E-state index is 0.0482. The zero-order chi connectivity index (χ0) is 29.1. The Morgan fingerprint density at radius 1 is 1.07 bits per heavy atom. The largest absolute Gasteiger partial charge is 0.755 e. The predicted molar refractivity (Wildman–Crippen MR) is 157 cm³/mol. The van der Waals surface area contributed by atoms with Crippen molar-refractivity contribution >= 4 is 45.4 Å². The SMILES string of the molecule is COc1ccc2ccc(N(C3CCN(C(Cc4ccc(C(=N)N)cc4)C(=O)N4CCCCC4)C3=O)S(=O)[O-])cc2c1. The third kappa shape index (κ3) is 6.06. The molecule has 3 aromatic carbocycles. The molecule has 0 aromatic heterocycles. The van der Waals surface area contributed by atoms with Gasteiger partial charge in [0.15, 0.2) is 0 Å². The molecule has 2 fully saturated rings. The van der Waals surface area contributed by atoms with Crippen LogP contribution in [0.3, 0.4) is 0 Å². The van der Waals surface area contributed by atoms with E-state index in [0.717, 1.165) is 39.9 Å². The number of hydrogen-bond acceptors (Lipinski definition) is 6. The normalized spacial score (nSPS) is 18.8. The molecule has 2 aliphatic heterocycles. The molecular weight excluding hydrogens is 542 g/mol. The van der Waals surface area contributed by atoms with Crippen molar-refractivity contribution < 1.29 is 23.1 Å². The third-order valence-electron chi connectivity index (χ3n) is 7.96. The number of carbonyl (C=O) groups excluding carboxylic acids is 2. The Labute approximate surface area is 242 Å². The van der Waals surface area contributed by atoms with Crippen LogP contribution in [0, 0.1) is 5.41 Å². The van der Waals surface area contributed by atoms with Crippen LogP contribution >= 0.6 is 0 Å². The van der Waals surface area contributed by atoms with Gasteiger partial charge < -0.3 is 24.8 Å². The van der Waals surface area contributed by atoms with E-state index in [2.05, 4.69) is 0 Å². The van der Waals surface area contributed by atoms with Gasteiger partial charge in [-0.1, -0.05) is 36.4 Å². The van der Waals surface area contributed by atoms with Crippen molar-refractivity contribution in [1.29, 1.82) is 5.41 Å². The standard InChI is InChI=1S/C30H35N5O5S/c1-40-25-12-10-21-9-11-24(18-23(21)19-25)35(41(38)39)26-13-16-34(30(26)37)27(29(36)33-14-3-2-4-15-33)17-20-5-7-22(8-6-20)28(31)32/h5-12,18-19,26-27H,2-4,13-17H2,1H3,(H3,31,32)(H,38,39)/p-1. The zero-order valence-electron chi connectivity index (χ0n) is 23.0. The molecule has 0 bridgehead atoms. The number of carbonyl (C=O) groups is 2. The Morgan fingerprint density at radius 3 is 2.44 bits per heavy atom. The van der Waals surface area contributed by atoms with Crippen LogP contribution in [0.15, 0.2) is 60.7 Å². The Morgan fingerprint density at radius 2 is 1.78 bits per heavy atom. The van der Waals surface area contributed by atoms with Crippen molar-refractivity contribution in [3.63, 3.8) is 0 Å². The van der Waals surface area contributed by atoms with Crippen LogP contribution in [0.1, 0.15) is 36.8 Å². The summed E-state index contributed by atoms with van der Waals surface area (Å²) in [4.78, 5) is 31.1. The van der Waals surface area contributed by atoms with Crippen molar-refractivity contribution in [3.8, 4) is 5.75 Å². The lowest BCUT2D eigenvalue weighted by atomic mass is 10.0. The molecule has 0 spiro atoms. The maximum atomic E-state index is 13.9. The number of nitrogens with zero attached hydrogens (tertiary/aromatic N) is 3. The molecule has 2 aliphatic rings. The summed E-state index contributed by atoms with van der Waals surface area (Å²) in [6.45, 7) is 1.54. The fourth-order valence-corrected chi connectivity index (χ4v) is 6.45. The Bertz CT molecular complexity index is 1470. The Kier molecular flexibility index (Phi) is 8.55. The number of methoxy groups -OCH3 is 1. The number of ether oxygens (including phenoxy) is 1. The number of anilines is 1. The van der Waals surface area contributed by atoms with Gasteiger partial charge in [0.1, 0.15) is 23.7 Å². The van der Waals surface area contributed by atoms with E-state index in [-0.39, 0.29) is 31.1 Å². The van der Waals surface area contributed by atoms with Crippen LogP contribution in [-0.2, 0) is 27.3 Å². The zero-order valence-corrected chi connectivity index (χ0v) is 23.8. The van der Waals surface area contributed by atoms with Crippen LogP contribution in [-0.4, -0.2) is 75.0 Å². The summed E-state index contributed by atoms with van der Waals surface area (Å²) >= 11 is -2.73. The fourth-order valence-electron chi connectivity index (χ4n) is 5.76. The van der Waals surface area contributed by atoms with E-state index < -0.39 is 29.3 Å². The van der Waals surface area contributed by atoms with E-state index in [1.807, 2.05) is 41.3 Å². The highest BCUT2D eigenvalue weighted by Gasteiger charge is 2.43. The summed E-state index contributed by atoms with van der Waals surface area (Å²) in [5.74, 6) is 0.0773. The van der Waals surface area contributed by atoms with Gasteiger partial charge in [-0.3, -0.25) is 23.5 Å². The van der Waals surface area contributed by atoms with E-state index in [1.54, 1.807) is 36.3 Å². The first-order chi connectivity index (χ1) is 19.8. The van der Waals surface area contributed by atoms with Gasteiger partial charge >= 0.3 is 0 Å². The number of benzene rings is 3. The molecule has 41 heavy (non-hydrogen) atoms. The molecule has 10 nitrogen and oxygen atoms in total. The molecule has 11 heteroatoms. The molecular formula is C30H34N5O5S-. The first-order valence-corrected chi connectivity index (χ1v) is 14.8. The first kappa shape index (κ1) is 28.6. The second-order valence-electron chi connectivity index (χ2n) is 10.5. The summed E-state index contributed by atoms with van der Waals surface area (Å²) in [6, 6.07) is 16.1. The molecule has 216 valence electrons. The number of hydrogen-bond donors (Lipinski definition) is 2. The monoisotopic (exact) mass is 576 g/mol. The lowest BCUT2D eigenvalue weighted by molar-refractivity contribution is -0.144. The smallest absolute Gasteiger partial charge is 0.247 e. The average Bonchev–Trinajstić information content (AvgIpc) is 3.35. The highest BCUT2D eigenvalue weighted by molar-refractivity contribution is 7.80. The number of nitrogens with two attached hydrogens (primary N) is 1. The van der Waals surface area contributed by atoms with Crippen molar-refractivity contribution in [3.05, 3.63) is 71.8 Å². The minimum atomic E-state index is -2.73. The lowest BCUT2D eigenvalue weighted by Crippen LogP contribution is -2.53. The van der Waals surface area contributed by atoms with E-state index in [9.17, 15) is 18.4 Å². The van der Waals surface area contributed by atoms with Crippen LogP contribution in [0.2, 0.25) is 0 Å². The lowest BCUT2D eigenvalue weighted by Gasteiger charge is -2.36. The highest BCUT2D eigenvalue weighted by atomic mass is 32.2. The van der Waals surface area contributed by atoms with Gasteiger partial charge in [0.2, 0.25) is 11.8 Å². The first-order valence-electron chi connectivity index (χ1n) is 13.8. The molecule has 0 aliphatic carbocycles. The van der Waals surface area contributed by atoms with E-state index >= 15 is 0 Å². The van der Waals surface area contributed by atoms with Gasteiger partial charge in [0.05, 0.1) is 7.11 Å². The minimum Gasteiger partial charge on any atom is -0.755 e. The van der Waals surface area contributed by atoms with E-state index in [0.29, 0.717) is 30.1 Å². The maximum absolute atomic E-state index is 13.9. The second-order valence-corrected chi connectivity index (χ2v) is 11.3. The third-order valence-corrected chi connectivity index (χ3v) is 8.75. The quantitative estimate of drug-likeness (QED) is 0.228. The van der Waals surface area contributed by atoms with Crippen LogP contribution < -0.4 is 14.8 Å². The van der Waals surface area contributed by atoms with Crippen LogP contribution in [0.4, 0.5) is 5.69 Å². The van der Waals surface area contributed by atoms with Crippen molar-refractivity contribution in [1.82, 2.24) is 9.80 Å². The van der Waals surface area contributed by atoms with Gasteiger partial charge in [-0.05, 0) is 66.3 Å². The topological polar surface area (TPSA) is 143 Å². The van der Waals surface area contributed by atoms with Crippen LogP contribution in [0.25, 0.3) is 10.8 Å². The molecule has 2 amide bonds. The number of fused-ring (bicyclic) bond motifs is 1. The van der Waals surface area contributed by atoms with Gasteiger partial charge in [-0.25, -0.2) is 0 Å². The highest BCUT2D eigenvalue weighted by Crippen LogP contribution is 2.31. The summed E-state index contributed by atoms with van der Waals surface area (Å²) in [5.41, 5.74) is 7.37. The number of nitrogens with one attached hydrogen (secondary N) is 1. The summed E-state index contributed by atoms with van der Waals surface area (Å²) < 4.78 is 31.5. The number of piperidine rings is 1. The maximum Gasteiger partial charge on any atom is 0.247 e. The molecule has 3 atom stereocenters. The summed E-state index contributed by atoms with van der Waals surface area (Å²) in [7, 11) is 1.56. The van der Waals surface area contributed by atoms with Gasteiger partial charge in [-0.2, -0.15) is 0 Å². The average molecular weight is 577 g/mol. The molecule has 2 saturated heterocycles.